The third kappa shape index (κ3) is 2.57. The Balaban J connectivity index is 1.92. The fourth-order valence-electron chi connectivity index (χ4n) is 2.60. The first-order chi connectivity index (χ1) is 10.2. The molecule has 4 heteroatoms. The normalized spacial score (nSPS) is 11.0. The molecule has 0 atom stereocenters. The van der Waals surface area contributed by atoms with Crippen LogP contribution in [0.3, 0.4) is 0 Å². The van der Waals surface area contributed by atoms with Crippen molar-refractivity contribution >= 4 is 22.3 Å². The van der Waals surface area contributed by atoms with Crippen LogP contribution >= 0.6 is 0 Å². The summed E-state index contributed by atoms with van der Waals surface area (Å²) in [6.07, 6.45) is 0. The molecule has 0 fully saturated rings. The minimum atomic E-state index is 0.775. The molecule has 0 unspecified atom stereocenters. The van der Waals surface area contributed by atoms with Crippen LogP contribution in [0, 0.1) is 0 Å². The van der Waals surface area contributed by atoms with E-state index in [-0.39, 0.29) is 0 Å². The lowest BCUT2D eigenvalue weighted by molar-refractivity contribution is 0.665. The van der Waals surface area contributed by atoms with Crippen molar-refractivity contribution in [1.29, 1.82) is 0 Å². The van der Waals surface area contributed by atoms with Crippen LogP contribution in [-0.2, 0) is 13.1 Å². The molecule has 108 valence electrons. The van der Waals surface area contributed by atoms with E-state index >= 15 is 0 Å². The van der Waals surface area contributed by atoms with Crippen molar-refractivity contribution in [3.8, 4) is 0 Å². The summed E-state index contributed by atoms with van der Waals surface area (Å²) in [7, 11) is 2.07. The highest BCUT2D eigenvalue weighted by molar-refractivity contribution is 5.82. The zero-order chi connectivity index (χ0) is 14.8. The van der Waals surface area contributed by atoms with Gasteiger partial charge in [-0.1, -0.05) is 18.2 Å². The lowest BCUT2D eigenvalue weighted by atomic mass is 10.2. The maximum atomic E-state index is 5.74. The van der Waals surface area contributed by atoms with Crippen LogP contribution in [0.25, 0.3) is 10.9 Å². The van der Waals surface area contributed by atoms with E-state index in [1.165, 1.54) is 10.9 Å². The second kappa shape index (κ2) is 5.48. The van der Waals surface area contributed by atoms with Crippen LogP contribution < -0.4 is 10.6 Å². The molecule has 3 aromatic rings. The van der Waals surface area contributed by atoms with Crippen molar-refractivity contribution in [2.75, 3.05) is 17.7 Å². The monoisotopic (exact) mass is 280 g/mol. The van der Waals surface area contributed by atoms with Gasteiger partial charge in [-0.15, -0.1) is 0 Å². The predicted octanol–water partition coefficient (Wildman–Crippen LogP) is 3.27. The second-order valence-corrected chi connectivity index (χ2v) is 5.23. The first kappa shape index (κ1) is 13.5. The number of hydrogen-bond donors (Lipinski definition) is 1. The molecule has 0 aliphatic carbocycles. The summed E-state index contributed by atoms with van der Waals surface area (Å²) in [5, 5.41) is 5.96. The van der Waals surface area contributed by atoms with E-state index in [2.05, 4.69) is 47.8 Å². The van der Waals surface area contributed by atoms with Crippen molar-refractivity contribution in [2.24, 2.45) is 0 Å². The molecular weight excluding hydrogens is 260 g/mol. The van der Waals surface area contributed by atoms with Crippen LogP contribution in [0.1, 0.15) is 12.6 Å². The molecule has 0 spiro atoms. The van der Waals surface area contributed by atoms with Crippen molar-refractivity contribution in [3.63, 3.8) is 0 Å². The van der Waals surface area contributed by atoms with E-state index in [4.69, 9.17) is 10.8 Å². The van der Waals surface area contributed by atoms with Gasteiger partial charge in [-0.05, 0) is 37.3 Å². The van der Waals surface area contributed by atoms with Crippen LogP contribution in [0.15, 0.2) is 48.5 Å². The van der Waals surface area contributed by atoms with Gasteiger partial charge in [0.1, 0.15) is 0 Å². The van der Waals surface area contributed by atoms with Crippen molar-refractivity contribution in [2.45, 2.75) is 20.0 Å². The molecule has 1 heterocycles. The number of anilines is 2. The molecule has 2 N–H and O–H groups in total. The number of fused-ring (bicyclic) bond motifs is 1. The van der Waals surface area contributed by atoms with Crippen LogP contribution in [-0.4, -0.2) is 16.8 Å². The molecule has 4 nitrogen and oxygen atoms in total. The summed E-state index contributed by atoms with van der Waals surface area (Å²) in [5.41, 5.74) is 9.96. The molecule has 1 aromatic heterocycles. The predicted molar refractivity (Wildman–Crippen MR) is 88.4 cm³/mol. The Morgan fingerprint density at radius 3 is 2.52 bits per heavy atom. The fraction of sp³-hybridized carbons (Fsp3) is 0.235. The van der Waals surface area contributed by atoms with Gasteiger partial charge in [-0.3, -0.25) is 4.68 Å². The highest BCUT2D eigenvalue weighted by atomic mass is 15.3. The molecule has 0 bridgehead atoms. The SMILES string of the molecule is CCn1nc(CN(C)c2ccc(N)cc2)c2ccccc21. The van der Waals surface area contributed by atoms with E-state index in [0.29, 0.717) is 0 Å². The van der Waals surface area contributed by atoms with E-state index in [9.17, 15) is 0 Å². The number of nitrogens with two attached hydrogens (primary N) is 1. The van der Waals surface area contributed by atoms with Crippen molar-refractivity contribution < 1.29 is 0 Å². The summed E-state index contributed by atoms with van der Waals surface area (Å²) in [5.74, 6) is 0. The number of nitrogen functional groups attached to an aromatic ring is 1. The summed E-state index contributed by atoms with van der Waals surface area (Å²) >= 11 is 0. The Morgan fingerprint density at radius 2 is 1.81 bits per heavy atom. The quantitative estimate of drug-likeness (QED) is 0.746. The number of aryl methyl sites for hydroxylation is 1. The van der Waals surface area contributed by atoms with Crippen LogP contribution in [0.4, 0.5) is 11.4 Å². The van der Waals surface area contributed by atoms with Gasteiger partial charge >= 0.3 is 0 Å². The number of nitrogens with zero attached hydrogens (tertiary/aromatic N) is 3. The van der Waals surface area contributed by atoms with Gasteiger partial charge in [0.15, 0.2) is 0 Å². The summed E-state index contributed by atoms with van der Waals surface area (Å²) < 4.78 is 2.06. The van der Waals surface area contributed by atoms with E-state index in [0.717, 1.165) is 30.2 Å². The summed E-state index contributed by atoms with van der Waals surface area (Å²) in [4.78, 5) is 2.19. The maximum Gasteiger partial charge on any atom is 0.0896 e. The molecule has 0 saturated heterocycles. The number of para-hydroxylation sites is 1. The number of aromatic nitrogens is 2. The largest absolute Gasteiger partial charge is 0.399 e. The van der Waals surface area contributed by atoms with Gasteiger partial charge in [-0.2, -0.15) is 5.10 Å². The lowest BCUT2D eigenvalue weighted by Crippen LogP contribution is -2.17. The zero-order valence-electron chi connectivity index (χ0n) is 12.5. The Bertz CT molecular complexity index is 743. The lowest BCUT2D eigenvalue weighted by Gasteiger charge is -2.18. The van der Waals surface area contributed by atoms with E-state index in [1.807, 2.05) is 24.3 Å². The Hall–Kier alpha value is -2.49. The Kier molecular flexibility index (Phi) is 3.52. The number of rotatable bonds is 4. The fourth-order valence-corrected chi connectivity index (χ4v) is 2.60. The third-order valence-electron chi connectivity index (χ3n) is 3.75. The molecule has 0 radical (unpaired) electrons. The number of benzene rings is 2. The Morgan fingerprint density at radius 1 is 1.10 bits per heavy atom. The number of hydrogen-bond acceptors (Lipinski definition) is 3. The summed E-state index contributed by atoms with van der Waals surface area (Å²) in [6.45, 7) is 3.77. The molecule has 0 aliphatic heterocycles. The van der Waals surface area contributed by atoms with Gasteiger partial charge in [0.25, 0.3) is 0 Å². The van der Waals surface area contributed by atoms with Gasteiger partial charge in [0.2, 0.25) is 0 Å². The molecule has 21 heavy (non-hydrogen) atoms. The van der Waals surface area contributed by atoms with Gasteiger partial charge in [0, 0.05) is 30.4 Å². The molecule has 3 rings (SSSR count). The average Bonchev–Trinajstić information content (AvgIpc) is 2.86. The van der Waals surface area contributed by atoms with Gasteiger partial charge < -0.3 is 10.6 Å². The topological polar surface area (TPSA) is 47.1 Å². The van der Waals surface area contributed by atoms with Crippen LogP contribution in [0.5, 0.6) is 0 Å². The Labute approximate surface area is 124 Å². The van der Waals surface area contributed by atoms with E-state index < -0.39 is 0 Å². The van der Waals surface area contributed by atoms with Gasteiger partial charge in [0.05, 0.1) is 17.8 Å². The minimum absolute atomic E-state index is 0.775. The van der Waals surface area contributed by atoms with Crippen molar-refractivity contribution in [1.82, 2.24) is 9.78 Å². The van der Waals surface area contributed by atoms with Crippen molar-refractivity contribution in [3.05, 3.63) is 54.2 Å². The maximum absolute atomic E-state index is 5.74. The highest BCUT2D eigenvalue weighted by Crippen LogP contribution is 2.22. The van der Waals surface area contributed by atoms with E-state index in [1.54, 1.807) is 0 Å². The zero-order valence-corrected chi connectivity index (χ0v) is 12.5. The smallest absolute Gasteiger partial charge is 0.0896 e. The molecule has 0 amide bonds. The first-order valence-electron chi connectivity index (χ1n) is 7.20. The second-order valence-electron chi connectivity index (χ2n) is 5.23. The summed E-state index contributed by atoms with van der Waals surface area (Å²) in [6, 6.07) is 16.3. The third-order valence-corrected chi connectivity index (χ3v) is 3.75. The van der Waals surface area contributed by atoms with Gasteiger partial charge in [-0.25, -0.2) is 0 Å². The van der Waals surface area contributed by atoms with Crippen LogP contribution in [0.2, 0.25) is 0 Å². The standard InChI is InChI=1S/C17H20N4/c1-3-21-17-7-5-4-6-15(17)16(19-21)12-20(2)14-10-8-13(18)9-11-14/h4-11H,3,12,18H2,1-2H3. The highest BCUT2D eigenvalue weighted by Gasteiger charge is 2.11. The molecule has 0 saturated carbocycles. The molecule has 0 aliphatic rings. The average molecular weight is 280 g/mol. The minimum Gasteiger partial charge on any atom is -0.399 e. The first-order valence-corrected chi connectivity index (χ1v) is 7.20. The molecule has 2 aromatic carbocycles. The molecular formula is C17H20N4.